The Morgan fingerprint density at radius 3 is 2.69 bits per heavy atom. The fourth-order valence-corrected chi connectivity index (χ4v) is 3.82. The van der Waals surface area contributed by atoms with E-state index in [9.17, 15) is 18.3 Å². The Balaban J connectivity index is 1.99. The maximum Gasteiger partial charge on any atom is 0.278 e. The lowest BCUT2D eigenvalue weighted by atomic mass is 9.88. The van der Waals surface area contributed by atoms with E-state index in [2.05, 4.69) is 0 Å². The molecule has 2 heterocycles. The van der Waals surface area contributed by atoms with Crippen molar-refractivity contribution in [2.75, 3.05) is 0 Å². The monoisotopic (exact) mass is 380 g/mol. The van der Waals surface area contributed by atoms with Gasteiger partial charge in [0.2, 0.25) is 0 Å². The van der Waals surface area contributed by atoms with Gasteiger partial charge in [0.25, 0.3) is 5.92 Å². The van der Waals surface area contributed by atoms with E-state index in [-0.39, 0.29) is 17.0 Å². The fraction of sp³-hybridized carbons (Fsp3) is 0.263. The highest BCUT2D eigenvalue weighted by Gasteiger charge is 2.46. The molecule has 0 amide bonds. The van der Waals surface area contributed by atoms with Crippen LogP contribution in [0.25, 0.3) is 16.9 Å². The Kier molecular flexibility index (Phi) is 3.93. The molecule has 1 N–H and O–H groups in total. The van der Waals surface area contributed by atoms with E-state index in [1.165, 1.54) is 12.1 Å². The maximum absolute atomic E-state index is 14.2. The highest BCUT2D eigenvalue weighted by molar-refractivity contribution is 6.30. The minimum Gasteiger partial charge on any atom is -0.382 e. The average Bonchev–Trinajstić information content (AvgIpc) is 3.13. The third-order valence-electron chi connectivity index (χ3n) is 4.86. The number of aliphatic hydroxyl groups excluding tert-OH is 1. The summed E-state index contributed by atoms with van der Waals surface area (Å²) in [5.41, 5.74) is 2.35. The first kappa shape index (κ1) is 17.2. The Bertz CT molecular complexity index is 973. The van der Waals surface area contributed by atoms with Crippen LogP contribution in [0.2, 0.25) is 5.02 Å². The predicted molar refractivity (Wildman–Crippen MR) is 93.4 cm³/mol. The number of nitrogens with zero attached hydrogens (tertiary/aromatic N) is 2. The summed E-state index contributed by atoms with van der Waals surface area (Å²) >= 11 is 5.96. The third-order valence-corrected chi connectivity index (χ3v) is 5.08. The van der Waals surface area contributed by atoms with Crippen LogP contribution < -0.4 is 0 Å². The molecule has 0 bridgehead atoms. The number of alkyl halides is 2. The van der Waals surface area contributed by atoms with Gasteiger partial charge in [-0.3, -0.25) is 0 Å². The molecular weight excluding hydrogens is 365 g/mol. The third kappa shape index (κ3) is 2.64. The number of hydrogen-bond acceptors (Lipinski definition) is 1. The predicted octanol–water partition coefficient (Wildman–Crippen LogP) is 4.89. The van der Waals surface area contributed by atoms with Crippen molar-refractivity contribution >= 4 is 11.6 Å². The summed E-state index contributed by atoms with van der Waals surface area (Å²) in [5.74, 6) is -3.73. The van der Waals surface area contributed by atoms with E-state index >= 15 is 0 Å². The number of benzene rings is 1. The van der Waals surface area contributed by atoms with Gasteiger partial charge in [-0.15, -0.1) is 0 Å². The first-order chi connectivity index (χ1) is 12.3. The van der Waals surface area contributed by atoms with Crippen LogP contribution in [0.3, 0.4) is 0 Å². The van der Waals surface area contributed by atoms with Crippen molar-refractivity contribution < 1.29 is 18.3 Å². The summed E-state index contributed by atoms with van der Waals surface area (Å²) in [6.45, 7) is 0. The number of hydrogen-bond donors (Lipinski definition) is 1. The van der Waals surface area contributed by atoms with Crippen LogP contribution >= 0.6 is 11.6 Å². The number of aryl methyl sites for hydroxylation is 1. The first-order valence-electron chi connectivity index (χ1n) is 8.16. The second kappa shape index (κ2) is 5.93. The van der Waals surface area contributed by atoms with Crippen LogP contribution in [0.15, 0.2) is 42.7 Å². The molecule has 1 aliphatic carbocycles. The van der Waals surface area contributed by atoms with Crippen molar-refractivity contribution in [2.45, 2.75) is 24.9 Å². The highest BCUT2D eigenvalue weighted by atomic mass is 35.5. The van der Waals surface area contributed by atoms with E-state index in [0.29, 0.717) is 22.6 Å². The Labute approximate surface area is 153 Å². The topological polar surface area (TPSA) is 30.1 Å². The van der Waals surface area contributed by atoms with Crippen molar-refractivity contribution in [3.8, 4) is 16.9 Å². The lowest BCUT2D eigenvalue weighted by molar-refractivity contribution is -0.121. The molecule has 7 heteroatoms. The number of halogens is 4. The molecular formula is C19H16ClF3N2O. The summed E-state index contributed by atoms with van der Waals surface area (Å²) in [7, 11) is 1.80. The molecule has 2 aromatic heterocycles. The zero-order valence-electron chi connectivity index (χ0n) is 13.9. The Hall–Kier alpha value is -2.18. The molecule has 0 spiro atoms. The van der Waals surface area contributed by atoms with E-state index in [1.54, 1.807) is 46.8 Å². The lowest BCUT2D eigenvalue weighted by Gasteiger charge is -2.29. The lowest BCUT2D eigenvalue weighted by Crippen LogP contribution is -2.32. The quantitative estimate of drug-likeness (QED) is 0.674. The van der Waals surface area contributed by atoms with Crippen molar-refractivity contribution in [2.24, 2.45) is 7.05 Å². The van der Waals surface area contributed by atoms with Gasteiger partial charge in [-0.2, -0.15) is 0 Å². The molecule has 136 valence electrons. The molecule has 1 atom stereocenters. The van der Waals surface area contributed by atoms with Crippen molar-refractivity contribution in [1.29, 1.82) is 0 Å². The number of aliphatic hydroxyl groups is 1. The maximum atomic E-state index is 14.2. The second-order valence-corrected chi connectivity index (χ2v) is 7.01. The molecule has 0 aliphatic heterocycles. The molecule has 3 aromatic rings. The van der Waals surface area contributed by atoms with Crippen LogP contribution in [-0.4, -0.2) is 20.2 Å². The molecule has 0 fully saturated rings. The summed E-state index contributed by atoms with van der Waals surface area (Å²) in [6, 6.07) is 7.63. The molecule has 0 saturated carbocycles. The van der Waals surface area contributed by atoms with Gasteiger partial charge in [-0.05, 0) is 36.8 Å². The number of aromatic nitrogens is 2. The van der Waals surface area contributed by atoms with Crippen LogP contribution in [0.5, 0.6) is 0 Å². The summed E-state index contributed by atoms with van der Waals surface area (Å²) in [4.78, 5) is 0. The van der Waals surface area contributed by atoms with Gasteiger partial charge in [0, 0.05) is 59.1 Å². The van der Waals surface area contributed by atoms with Gasteiger partial charge in [0.1, 0.15) is 11.9 Å². The number of fused-ring (bicyclic) bond motifs is 1. The van der Waals surface area contributed by atoms with E-state index in [1.807, 2.05) is 0 Å². The molecule has 26 heavy (non-hydrogen) atoms. The summed E-state index contributed by atoms with van der Waals surface area (Å²) < 4.78 is 45.6. The number of rotatable bonds is 2. The van der Waals surface area contributed by atoms with Gasteiger partial charge >= 0.3 is 0 Å². The molecule has 1 unspecified atom stereocenters. The van der Waals surface area contributed by atoms with Crippen LogP contribution in [0.1, 0.15) is 23.8 Å². The standard InChI is InChI=1S/C19H16ClF3N2O/c1-24-6-2-3-15(24)14-10-25(13-8-11(20)7-12(21)9-13)16-4-5-19(22,23)18(26)17(14)16/h2-3,6-10,18,26H,4-5H2,1H3. The minimum atomic E-state index is -3.21. The zero-order chi connectivity index (χ0) is 18.6. The molecule has 3 nitrogen and oxygen atoms in total. The van der Waals surface area contributed by atoms with Gasteiger partial charge in [-0.25, -0.2) is 13.2 Å². The molecule has 0 radical (unpaired) electrons. The smallest absolute Gasteiger partial charge is 0.278 e. The Morgan fingerprint density at radius 1 is 1.27 bits per heavy atom. The molecule has 1 aromatic carbocycles. The summed E-state index contributed by atoms with van der Waals surface area (Å²) in [6.07, 6.45) is 1.14. The SMILES string of the molecule is Cn1cccc1-c1cn(-c2cc(F)cc(Cl)c2)c2c1C(O)C(F)(F)CC2. The van der Waals surface area contributed by atoms with Gasteiger partial charge in [0.15, 0.2) is 0 Å². The largest absolute Gasteiger partial charge is 0.382 e. The second-order valence-electron chi connectivity index (χ2n) is 6.57. The van der Waals surface area contributed by atoms with Gasteiger partial charge in [0.05, 0.1) is 0 Å². The van der Waals surface area contributed by atoms with E-state index < -0.39 is 24.3 Å². The highest BCUT2D eigenvalue weighted by Crippen LogP contribution is 2.47. The van der Waals surface area contributed by atoms with Crippen LogP contribution in [0.4, 0.5) is 13.2 Å². The van der Waals surface area contributed by atoms with Gasteiger partial charge < -0.3 is 14.2 Å². The van der Waals surface area contributed by atoms with E-state index in [4.69, 9.17) is 11.6 Å². The van der Waals surface area contributed by atoms with Crippen LogP contribution in [0, 0.1) is 5.82 Å². The fourth-order valence-electron chi connectivity index (χ4n) is 3.61. The normalized spacial score (nSPS) is 18.8. The van der Waals surface area contributed by atoms with Crippen molar-refractivity contribution in [1.82, 2.24) is 9.13 Å². The van der Waals surface area contributed by atoms with E-state index in [0.717, 1.165) is 0 Å². The molecule has 1 aliphatic rings. The average molecular weight is 381 g/mol. The molecule has 4 rings (SSSR count). The molecule has 0 saturated heterocycles. The summed E-state index contributed by atoms with van der Waals surface area (Å²) in [5, 5.41) is 10.6. The van der Waals surface area contributed by atoms with Crippen LogP contribution in [-0.2, 0) is 13.5 Å². The van der Waals surface area contributed by atoms with Gasteiger partial charge in [-0.1, -0.05) is 11.6 Å². The Morgan fingerprint density at radius 2 is 2.04 bits per heavy atom. The van der Waals surface area contributed by atoms with Crippen molar-refractivity contribution in [3.63, 3.8) is 0 Å². The minimum absolute atomic E-state index is 0.0674. The first-order valence-corrected chi connectivity index (χ1v) is 8.54. The zero-order valence-corrected chi connectivity index (χ0v) is 14.6. The van der Waals surface area contributed by atoms with Crippen molar-refractivity contribution in [3.05, 3.63) is 64.8 Å².